The lowest BCUT2D eigenvalue weighted by atomic mass is 10.1. The van der Waals surface area contributed by atoms with E-state index in [0.29, 0.717) is 19.6 Å². The van der Waals surface area contributed by atoms with Crippen molar-refractivity contribution >= 4 is 17.7 Å². The molecule has 0 radical (unpaired) electrons. The van der Waals surface area contributed by atoms with E-state index in [0.717, 1.165) is 17.8 Å². The number of rotatable bonds is 3. The van der Waals surface area contributed by atoms with Crippen molar-refractivity contribution in [3.8, 4) is 0 Å². The maximum atomic E-state index is 11.4. The summed E-state index contributed by atoms with van der Waals surface area (Å²) in [6, 6.07) is 8.05. The van der Waals surface area contributed by atoms with E-state index in [4.69, 9.17) is 5.73 Å². The molecule has 2 rings (SSSR count). The lowest BCUT2D eigenvalue weighted by Gasteiger charge is -2.29. The van der Waals surface area contributed by atoms with Crippen molar-refractivity contribution in [3.63, 3.8) is 0 Å². The number of nitrogens with two attached hydrogens (primary N) is 1. The van der Waals surface area contributed by atoms with Crippen molar-refractivity contribution in [3.05, 3.63) is 35.9 Å². The average Bonchev–Trinajstić information content (AvgIpc) is 2.37. The number of hydrogen-bond acceptors (Lipinski definition) is 3. The number of benzene rings is 1. The zero-order valence-corrected chi connectivity index (χ0v) is 9.73. The van der Waals surface area contributed by atoms with Crippen LogP contribution in [0, 0.1) is 0 Å². The van der Waals surface area contributed by atoms with Crippen LogP contribution in [0.25, 0.3) is 6.08 Å². The maximum Gasteiger partial charge on any atom is 0.239 e. The zero-order valence-electron chi connectivity index (χ0n) is 9.73. The third-order valence-corrected chi connectivity index (χ3v) is 2.75. The molecule has 0 atom stereocenters. The van der Waals surface area contributed by atoms with E-state index < -0.39 is 0 Å². The van der Waals surface area contributed by atoms with Crippen LogP contribution >= 0.6 is 0 Å². The van der Waals surface area contributed by atoms with Crippen molar-refractivity contribution < 1.29 is 4.79 Å². The van der Waals surface area contributed by atoms with Gasteiger partial charge in [-0.05, 0) is 11.6 Å². The standard InChI is InChI=1S/C13H17N3O/c14-7-3-5-11-4-1-2-6-12(11)16-9-8-15-13(17)10-16/h1-6H,7-10,14H2,(H,15,17)/b5-3+. The molecule has 1 aliphatic heterocycles. The fraction of sp³-hybridized carbons (Fsp3) is 0.308. The highest BCUT2D eigenvalue weighted by Gasteiger charge is 2.17. The van der Waals surface area contributed by atoms with Gasteiger partial charge in [-0.3, -0.25) is 4.79 Å². The molecule has 0 unspecified atom stereocenters. The predicted octanol–water partition coefficient (Wildman–Crippen LogP) is 0.595. The summed E-state index contributed by atoms with van der Waals surface area (Å²) in [7, 11) is 0. The van der Waals surface area contributed by atoms with Crippen LogP contribution in [-0.2, 0) is 4.79 Å². The van der Waals surface area contributed by atoms with Gasteiger partial charge in [0.15, 0.2) is 0 Å². The van der Waals surface area contributed by atoms with Crippen LogP contribution in [0.1, 0.15) is 5.56 Å². The Balaban J connectivity index is 2.24. The molecular formula is C13H17N3O. The predicted molar refractivity (Wildman–Crippen MR) is 69.8 cm³/mol. The van der Waals surface area contributed by atoms with Crippen molar-refractivity contribution in [2.75, 3.05) is 31.1 Å². The first-order valence-corrected chi connectivity index (χ1v) is 5.78. The summed E-state index contributed by atoms with van der Waals surface area (Å²) in [4.78, 5) is 13.5. The quantitative estimate of drug-likeness (QED) is 0.800. The normalized spacial score (nSPS) is 16.3. The van der Waals surface area contributed by atoms with Gasteiger partial charge in [-0.1, -0.05) is 30.4 Å². The second-order valence-corrected chi connectivity index (χ2v) is 3.97. The molecule has 1 aliphatic rings. The lowest BCUT2D eigenvalue weighted by molar-refractivity contribution is -0.120. The van der Waals surface area contributed by atoms with Gasteiger partial charge < -0.3 is 16.0 Å². The molecule has 0 aliphatic carbocycles. The number of anilines is 1. The fourth-order valence-corrected chi connectivity index (χ4v) is 1.96. The van der Waals surface area contributed by atoms with Gasteiger partial charge >= 0.3 is 0 Å². The van der Waals surface area contributed by atoms with E-state index in [-0.39, 0.29) is 5.91 Å². The Morgan fingerprint density at radius 1 is 1.41 bits per heavy atom. The third kappa shape index (κ3) is 2.85. The Kier molecular flexibility index (Phi) is 3.77. The molecule has 0 spiro atoms. The molecule has 90 valence electrons. The molecule has 1 aromatic rings. The van der Waals surface area contributed by atoms with Gasteiger partial charge in [-0.15, -0.1) is 0 Å². The smallest absolute Gasteiger partial charge is 0.239 e. The van der Waals surface area contributed by atoms with E-state index in [2.05, 4.69) is 10.2 Å². The first-order valence-electron chi connectivity index (χ1n) is 5.78. The summed E-state index contributed by atoms with van der Waals surface area (Å²) in [6.45, 7) is 2.50. The number of amides is 1. The van der Waals surface area contributed by atoms with Gasteiger partial charge in [-0.2, -0.15) is 0 Å². The maximum absolute atomic E-state index is 11.4. The first-order chi connectivity index (χ1) is 8.31. The highest BCUT2D eigenvalue weighted by atomic mass is 16.2. The van der Waals surface area contributed by atoms with Crippen molar-refractivity contribution in [2.24, 2.45) is 5.73 Å². The van der Waals surface area contributed by atoms with E-state index in [1.54, 1.807) is 0 Å². The Morgan fingerprint density at radius 2 is 2.24 bits per heavy atom. The van der Waals surface area contributed by atoms with Crippen molar-refractivity contribution in [2.45, 2.75) is 0 Å². The van der Waals surface area contributed by atoms with Crippen LogP contribution in [-0.4, -0.2) is 32.1 Å². The number of nitrogens with one attached hydrogen (secondary N) is 1. The number of carbonyl (C=O) groups is 1. The van der Waals surface area contributed by atoms with E-state index in [1.165, 1.54) is 0 Å². The van der Waals surface area contributed by atoms with Crippen LogP contribution < -0.4 is 16.0 Å². The molecule has 4 nitrogen and oxygen atoms in total. The average molecular weight is 231 g/mol. The van der Waals surface area contributed by atoms with Gasteiger partial charge in [0.25, 0.3) is 0 Å². The SMILES string of the molecule is NC/C=C/c1ccccc1N1CCNC(=O)C1. The summed E-state index contributed by atoms with van der Waals surface area (Å²) >= 11 is 0. The lowest BCUT2D eigenvalue weighted by Crippen LogP contribution is -2.47. The van der Waals surface area contributed by atoms with Crippen LogP contribution in [0.15, 0.2) is 30.3 Å². The van der Waals surface area contributed by atoms with Gasteiger partial charge in [0.1, 0.15) is 0 Å². The number of para-hydroxylation sites is 1. The Labute approximate surface area is 101 Å². The monoisotopic (exact) mass is 231 g/mol. The topological polar surface area (TPSA) is 58.4 Å². The fourth-order valence-electron chi connectivity index (χ4n) is 1.96. The minimum Gasteiger partial charge on any atom is -0.360 e. The summed E-state index contributed by atoms with van der Waals surface area (Å²) < 4.78 is 0. The molecule has 1 aromatic carbocycles. The van der Waals surface area contributed by atoms with E-state index in [9.17, 15) is 4.79 Å². The molecule has 17 heavy (non-hydrogen) atoms. The van der Waals surface area contributed by atoms with Crippen LogP contribution in [0.4, 0.5) is 5.69 Å². The molecule has 4 heteroatoms. The van der Waals surface area contributed by atoms with Gasteiger partial charge in [-0.25, -0.2) is 0 Å². The molecule has 0 aromatic heterocycles. The molecule has 0 bridgehead atoms. The summed E-state index contributed by atoms with van der Waals surface area (Å²) in [6.07, 6.45) is 3.92. The summed E-state index contributed by atoms with van der Waals surface area (Å²) in [5.41, 5.74) is 7.66. The molecule has 3 N–H and O–H groups in total. The molecule has 0 saturated carbocycles. The van der Waals surface area contributed by atoms with Crippen LogP contribution in [0.5, 0.6) is 0 Å². The summed E-state index contributed by atoms with van der Waals surface area (Å²) in [5.74, 6) is 0.0776. The number of nitrogens with zero attached hydrogens (tertiary/aromatic N) is 1. The van der Waals surface area contributed by atoms with Crippen molar-refractivity contribution in [1.29, 1.82) is 0 Å². The second-order valence-electron chi connectivity index (χ2n) is 3.97. The second kappa shape index (κ2) is 5.50. The van der Waals surface area contributed by atoms with Crippen LogP contribution in [0.2, 0.25) is 0 Å². The number of hydrogen-bond donors (Lipinski definition) is 2. The Morgan fingerprint density at radius 3 is 3.00 bits per heavy atom. The van der Waals surface area contributed by atoms with E-state index in [1.807, 2.05) is 36.4 Å². The van der Waals surface area contributed by atoms with E-state index >= 15 is 0 Å². The zero-order chi connectivity index (χ0) is 12.1. The summed E-state index contributed by atoms with van der Waals surface area (Å²) in [5, 5.41) is 2.83. The third-order valence-electron chi connectivity index (χ3n) is 2.75. The van der Waals surface area contributed by atoms with Crippen molar-refractivity contribution in [1.82, 2.24) is 5.32 Å². The highest BCUT2D eigenvalue weighted by molar-refractivity contribution is 5.84. The number of piperazine rings is 1. The molecule has 1 heterocycles. The van der Waals surface area contributed by atoms with Crippen LogP contribution in [0.3, 0.4) is 0 Å². The largest absolute Gasteiger partial charge is 0.360 e. The first kappa shape index (κ1) is 11.7. The minimum atomic E-state index is 0.0776. The minimum absolute atomic E-state index is 0.0776. The molecule has 1 fully saturated rings. The molecule has 1 saturated heterocycles. The Hall–Kier alpha value is -1.81. The Bertz CT molecular complexity index is 428. The van der Waals surface area contributed by atoms with Gasteiger partial charge in [0.2, 0.25) is 5.91 Å². The molecule has 1 amide bonds. The number of carbonyl (C=O) groups excluding carboxylic acids is 1. The van der Waals surface area contributed by atoms with Gasteiger partial charge in [0.05, 0.1) is 6.54 Å². The highest BCUT2D eigenvalue weighted by Crippen LogP contribution is 2.22. The van der Waals surface area contributed by atoms with Gasteiger partial charge in [0, 0.05) is 25.3 Å². The molecular weight excluding hydrogens is 214 g/mol.